The number of fused-ring (bicyclic) bond motifs is 1. The second kappa shape index (κ2) is 10.5. The van der Waals surface area contributed by atoms with Crippen molar-refractivity contribution in [2.24, 2.45) is 5.92 Å². The van der Waals surface area contributed by atoms with Gasteiger partial charge in [0.1, 0.15) is 12.3 Å². The molecule has 1 aliphatic rings. The molecule has 3 aromatic rings. The van der Waals surface area contributed by atoms with Crippen molar-refractivity contribution in [3.8, 4) is 0 Å². The van der Waals surface area contributed by atoms with Crippen LogP contribution in [-0.2, 0) is 30.8 Å². The smallest absolute Gasteiger partial charge is 0.242 e. The van der Waals surface area contributed by atoms with Crippen molar-refractivity contribution in [1.82, 2.24) is 9.47 Å². The van der Waals surface area contributed by atoms with Crippen LogP contribution >= 0.6 is 0 Å². The topological polar surface area (TPSA) is 118 Å². The summed E-state index contributed by atoms with van der Waals surface area (Å²) in [7, 11) is -4.01. The SMILES string of the molecule is CC(=O)Nc1cccc(NC(=O)CS(=O)(=O)c2cn(CC(=O)N3CCC(C)CC3)c3ccccc23)c1. The molecule has 10 heteroatoms. The van der Waals surface area contributed by atoms with Crippen LogP contribution < -0.4 is 10.6 Å². The molecule has 2 aromatic carbocycles. The number of carbonyl (C=O) groups excluding carboxylic acids is 3. The average Bonchev–Trinajstić information content (AvgIpc) is 3.18. The predicted molar refractivity (Wildman–Crippen MR) is 138 cm³/mol. The number of likely N-dealkylation sites (tertiary alicyclic amines) is 1. The number of hydrogen-bond acceptors (Lipinski definition) is 5. The van der Waals surface area contributed by atoms with E-state index in [1.165, 1.54) is 13.1 Å². The van der Waals surface area contributed by atoms with Crippen LogP contribution in [-0.4, -0.2) is 54.4 Å². The van der Waals surface area contributed by atoms with E-state index < -0.39 is 21.5 Å². The molecule has 0 saturated carbocycles. The Labute approximate surface area is 210 Å². The molecular formula is C26H30N4O5S. The molecule has 2 heterocycles. The van der Waals surface area contributed by atoms with Gasteiger partial charge in [0.15, 0.2) is 9.84 Å². The van der Waals surface area contributed by atoms with Crippen LogP contribution in [0.3, 0.4) is 0 Å². The zero-order valence-electron chi connectivity index (χ0n) is 20.4. The number of rotatable bonds is 7. The number of sulfone groups is 1. The standard InChI is InChI=1S/C26H30N4O5S/c1-18-10-12-29(13-11-18)26(33)16-30-15-24(22-8-3-4-9-23(22)30)36(34,35)17-25(32)28-21-7-5-6-20(14-21)27-19(2)31/h3-9,14-15,18H,10-13,16-17H2,1-2H3,(H,27,31)(H,28,32). The highest BCUT2D eigenvalue weighted by Crippen LogP contribution is 2.27. The predicted octanol–water partition coefficient (Wildman–Crippen LogP) is 3.27. The third-order valence-corrected chi connectivity index (χ3v) is 7.95. The van der Waals surface area contributed by atoms with Gasteiger partial charge in [-0.05, 0) is 43.0 Å². The molecule has 0 bridgehead atoms. The highest BCUT2D eigenvalue weighted by molar-refractivity contribution is 7.92. The lowest BCUT2D eigenvalue weighted by Gasteiger charge is -2.30. The number of amides is 3. The fourth-order valence-electron chi connectivity index (χ4n) is 4.42. The van der Waals surface area contributed by atoms with Crippen molar-refractivity contribution >= 4 is 49.8 Å². The van der Waals surface area contributed by atoms with Crippen LogP contribution in [0.5, 0.6) is 0 Å². The van der Waals surface area contributed by atoms with Crippen molar-refractivity contribution in [2.45, 2.75) is 38.1 Å². The second-order valence-electron chi connectivity index (χ2n) is 9.27. The molecule has 3 amide bonds. The highest BCUT2D eigenvalue weighted by atomic mass is 32.2. The molecule has 4 rings (SSSR count). The van der Waals surface area contributed by atoms with E-state index in [1.54, 1.807) is 53.1 Å². The van der Waals surface area contributed by atoms with E-state index >= 15 is 0 Å². The summed E-state index contributed by atoms with van der Waals surface area (Å²) in [5.74, 6) is -1.18. The van der Waals surface area contributed by atoms with E-state index in [9.17, 15) is 22.8 Å². The van der Waals surface area contributed by atoms with Gasteiger partial charge in [-0.25, -0.2) is 8.42 Å². The maximum atomic E-state index is 13.3. The molecule has 0 radical (unpaired) electrons. The largest absolute Gasteiger partial charge is 0.341 e. The molecule has 1 aliphatic heterocycles. The van der Waals surface area contributed by atoms with E-state index in [4.69, 9.17) is 0 Å². The Morgan fingerprint density at radius 3 is 2.33 bits per heavy atom. The minimum Gasteiger partial charge on any atom is -0.341 e. The van der Waals surface area contributed by atoms with Crippen LogP contribution in [0.1, 0.15) is 26.7 Å². The molecule has 0 atom stereocenters. The first-order valence-electron chi connectivity index (χ1n) is 11.9. The monoisotopic (exact) mass is 510 g/mol. The lowest BCUT2D eigenvalue weighted by molar-refractivity contribution is -0.133. The zero-order valence-corrected chi connectivity index (χ0v) is 21.2. The van der Waals surface area contributed by atoms with Crippen molar-refractivity contribution in [3.63, 3.8) is 0 Å². The summed E-state index contributed by atoms with van der Waals surface area (Å²) in [6.07, 6.45) is 3.37. The number of aromatic nitrogens is 1. The molecule has 1 fully saturated rings. The van der Waals surface area contributed by atoms with Gasteiger partial charge in [-0.15, -0.1) is 0 Å². The number of nitrogens with zero attached hydrogens (tertiary/aromatic N) is 2. The van der Waals surface area contributed by atoms with E-state index in [1.807, 2.05) is 4.90 Å². The molecule has 0 unspecified atom stereocenters. The van der Waals surface area contributed by atoms with Gasteiger partial charge >= 0.3 is 0 Å². The normalized spacial score (nSPS) is 14.6. The van der Waals surface area contributed by atoms with Crippen molar-refractivity contribution in [3.05, 3.63) is 54.7 Å². The number of nitrogens with one attached hydrogen (secondary N) is 2. The molecule has 190 valence electrons. The first kappa shape index (κ1) is 25.4. The Morgan fingerprint density at radius 1 is 0.972 bits per heavy atom. The lowest BCUT2D eigenvalue weighted by atomic mass is 9.99. The number of hydrogen-bond donors (Lipinski definition) is 2. The molecule has 9 nitrogen and oxygen atoms in total. The third-order valence-electron chi connectivity index (χ3n) is 6.32. The molecular weight excluding hydrogens is 480 g/mol. The van der Waals surface area contributed by atoms with Crippen molar-refractivity contribution in [2.75, 3.05) is 29.5 Å². The Kier molecular flexibility index (Phi) is 7.44. The van der Waals surface area contributed by atoms with Crippen LogP contribution in [0.15, 0.2) is 59.6 Å². The van der Waals surface area contributed by atoms with Gasteiger partial charge in [-0.3, -0.25) is 14.4 Å². The average molecular weight is 511 g/mol. The number of carbonyl (C=O) groups is 3. The molecule has 1 aromatic heterocycles. The first-order chi connectivity index (χ1) is 17.1. The summed E-state index contributed by atoms with van der Waals surface area (Å²) < 4.78 is 28.2. The highest BCUT2D eigenvalue weighted by Gasteiger charge is 2.26. The number of piperidine rings is 1. The molecule has 2 N–H and O–H groups in total. The molecule has 36 heavy (non-hydrogen) atoms. The third kappa shape index (κ3) is 5.93. The maximum absolute atomic E-state index is 13.3. The summed E-state index contributed by atoms with van der Waals surface area (Å²) in [5, 5.41) is 5.66. The number of anilines is 2. The van der Waals surface area contributed by atoms with Crippen LogP contribution in [0, 0.1) is 5.92 Å². The summed E-state index contributed by atoms with van der Waals surface area (Å²) >= 11 is 0. The Bertz CT molecular complexity index is 1400. The first-order valence-corrected chi connectivity index (χ1v) is 13.5. The van der Waals surface area contributed by atoms with Gasteiger partial charge < -0.3 is 20.1 Å². The van der Waals surface area contributed by atoms with Gasteiger partial charge in [-0.1, -0.05) is 31.2 Å². The fourth-order valence-corrected chi connectivity index (χ4v) is 5.79. The summed E-state index contributed by atoms with van der Waals surface area (Å²) in [6, 6.07) is 13.4. The minimum absolute atomic E-state index is 0.0142. The zero-order chi connectivity index (χ0) is 25.9. The number of para-hydroxylation sites is 1. The van der Waals surface area contributed by atoms with Gasteiger partial charge in [-0.2, -0.15) is 0 Å². The van der Waals surface area contributed by atoms with E-state index in [-0.39, 0.29) is 23.3 Å². The Balaban J connectivity index is 1.52. The van der Waals surface area contributed by atoms with Gasteiger partial charge in [0, 0.05) is 48.5 Å². The van der Waals surface area contributed by atoms with E-state index in [0.717, 1.165) is 12.8 Å². The van der Waals surface area contributed by atoms with Crippen molar-refractivity contribution in [1.29, 1.82) is 0 Å². The quantitative estimate of drug-likeness (QED) is 0.506. The number of benzene rings is 2. The summed E-state index contributed by atoms with van der Waals surface area (Å²) in [4.78, 5) is 38.7. The second-order valence-corrected chi connectivity index (χ2v) is 11.2. The van der Waals surface area contributed by atoms with Crippen LogP contribution in [0.4, 0.5) is 11.4 Å². The van der Waals surface area contributed by atoms with Crippen molar-refractivity contribution < 1.29 is 22.8 Å². The lowest BCUT2D eigenvalue weighted by Crippen LogP contribution is -2.39. The fraction of sp³-hybridized carbons (Fsp3) is 0.346. The van der Waals surface area contributed by atoms with E-state index in [2.05, 4.69) is 17.6 Å². The summed E-state index contributed by atoms with van der Waals surface area (Å²) in [6.45, 7) is 4.98. The van der Waals surface area contributed by atoms with Crippen LogP contribution in [0.2, 0.25) is 0 Å². The van der Waals surface area contributed by atoms with Crippen LogP contribution in [0.25, 0.3) is 10.9 Å². The maximum Gasteiger partial charge on any atom is 0.242 e. The van der Waals surface area contributed by atoms with Gasteiger partial charge in [0.2, 0.25) is 17.7 Å². The van der Waals surface area contributed by atoms with Gasteiger partial charge in [0.25, 0.3) is 0 Å². The van der Waals surface area contributed by atoms with E-state index in [0.29, 0.717) is 41.3 Å². The molecule has 1 saturated heterocycles. The minimum atomic E-state index is -4.01. The molecule has 0 spiro atoms. The van der Waals surface area contributed by atoms with Gasteiger partial charge in [0.05, 0.1) is 4.90 Å². The Morgan fingerprint density at radius 2 is 1.64 bits per heavy atom. The summed E-state index contributed by atoms with van der Waals surface area (Å²) in [5.41, 5.74) is 1.47. The molecule has 0 aliphatic carbocycles. The Hall–Kier alpha value is -3.66.